The first-order valence-corrected chi connectivity index (χ1v) is 11.0. The van der Waals surface area contributed by atoms with Crippen molar-refractivity contribution in [2.24, 2.45) is 0 Å². The smallest absolute Gasteiger partial charge is 0.262 e. The Morgan fingerprint density at radius 3 is 2.36 bits per heavy atom. The molecular weight excluding hydrogens is 376 g/mol. The molecule has 1 aliphatic rings. The van der Waals surface area contributed by atoms with Gasteiger partial charge in [-0.25, -0.2) is 8.42 Å². The van der Waals surface area contributed by atoms with Gasteiger partial charge in [0.2, 0.25) is 0 Å². The summed E-state index contributed by atoms with van der Waals surface area (Å²) in [4.78, 5) is 12.7. The number of rotatable bonds is 6. The van der Waals surface area contributed by atoms with Gasteiger partial charge in [-0.2, -0.15) is 0 Å². The number of carbonyl (C=O) groups is 1. The predicted octanol–water partition coefficient (Wildman–Crippen LogP) is 3.87. The summed E-state index contributed by atoms with van der Waals surface area (Å²) in [5.41, 5.74) is 1.36. The van der Waals surface area contributed by atoms with Gasteiger partial charge in [0.25, 0.3) is 15.9 Å². The summed E-state index contributed by atoms with van der Waals surface area (Å²) in [6.45, 7) is 1.71. The van der Waals surface area contributed by atoms with E-state index in [0.717, 1.165) is 25.7 Å². The van der Waals surface area contributed by atoms with E-state index in [1.165, 1.54) is 12.5 Å². The van der Waals surface area contributed by atoms with E-state index in [0.29, 0.717) is 22.6 Å². The molecule has 2 aromatic rings. The van der Waals surface area contributed by atoms with Gasteiger partial charge in [0.15, 0.2) is 0 Å². The molecule has 0 saturated heterocycles. The van der Waals surface area contributed by atoms with Gasteiger partial charge >= 0.3 is 0 Å². The third-order valence-electron chi connectivity index (χ3n) is 5.02. The molecule has 1 amide bonds. The lowest BCUT2D eigenvalue weighted by Gasteiger charge is -2.23. The second-order valence-corrected chi connectivity index (χ2v) is 8.77. The van der Waals surface area contributed by atoms with Crippen molar-refractivity contribution in [2.45, 2.75) is 50.0 Å². The van der Waals surface area contributed by atoms with Gasteiger partial charge in [-0.3, -0.25) is 9.52 Å². The van der Waals surface area contributed by atoms with Crippen LogP contribution in [0.3, 0.4) is 0 Å². The number of anilines is 1. The highest BCUT2D eigenvalue weighted by atomic mass is 32.2. The molecule has 0 aromatic heterocycles. The molecule has 28 heavy (non-hydrogen) atoms. The third kappa shape index (κ3) is 4.84. The van der Waals surface area contributed by atoms with Gasteiger partial charge < -0.3 is 10.1 Å². The molecule has 2 N–H and O–H groups in total. The summed E-state index contributed by atoms with van der Waals surface area (Å²) >= 11 is 0. The number of ether oxygens (including phenoxy) is 1. The van der Waals surface area contributed by atoms with Gasteiger partial charge in [0.05, 0.1) is 12.0 Å². The summed E-state index contributed by atoms with van der Waals surface area (Å²) in [6.07, 6.45) is 5.38. The van der Waals surface area contributed by atoms with Crippen molar-refractivity contribution < 1.29 is 17.9 Å². The van der Waals surface area contributed by atoms with Gasteiger partial charge in [-0.05, 0) is 61.7 Å². The Morgan fingerprint density at radius 1 is 1.04 bits per heavy atom. The zero-order valence-corrected chi connectivity index (χ0v) is 17.0. The monoisotopic (exact) mass is 402 g/mol. The van der Waals surface area contributed by atoms with E-state index < -0.39 is 10.0 Å². The zero-order valence-electron chi connectivity index (χ0n) is 16.2. The number of methoxy groups -OCH3 is 1. The van der Waals surface area contributed by atoms with Gasteiger partial charge in [0, 0.05) is 17.3 Å². The molecule has 0 radical (unpaired) electrons. The maximum Gasteiger partial charge on any atom is 0.262 e. The van der Waals surface area contributed by atoms with Crippen LogP contribution in [0.2, 0.25) is 0 Å². The van der Waals surface area contributed by atoms with Crippen molar-refractivity contribution in [3.05, 3.63) is 53.6 Å². The van der Waals surface area contributed by atoms with Crippen LogP contribution in [0, 0.1) is 6.92 Å². The minimum absolute atomic E-state index is 0.0969. The van der Waals surface area contributed by atoms with Crippen molar-refractivity contribution in [1.82, 2.24) is 5.32 Å². The number of sulfonamides is 1. The quantitative estimate of drug-likeness (QED) is 0.768. The van der Waals surface area contributed by atoms with Gasteiger partial charge in [-0.1, -0.05) is 25.3 Å². The van der Waals surface area contributed by atoms with E-state index in [2.05, 4.69) is 10.0 Å². The van der Waals surface area contributed by atoms with E-state index in [-0.39, 0.29) is 16.8 Å². The molecule has 0 bridgehead atoms. The summed E-state index contributed by atoms with van der Waals surface area (Å²) in [5, 5.41) is 3.03. The summed E-state index contributed by atoms with van der Waals surface area (Å²) in [6, 6.07) is 11.6. The molecule has 0 unspecified atom stereocenters. The van der Waals surface area contributed by atoms with E-state index in [1.807, 2.05) is 0 Å². The standard InChI is InChI=1S/C21H26N2O4S/c1-15-8-9-16(21(24)22-17-6-4-3-5-7-17)14-20(15)28(25,26)23-18-10-12-19(27-2)13-11-18/h8-14,17,23H,3-7H2,1-2H3,(H,22,24). The SMILES string of the molecule is COc1ccc(NS(=O)(=O)c2cc(C(=O)NC3CCCCC3)ccc2C)cc1. The van der Waals surface area contributed by atoms with Crippen LogP contribution in [0.4, 0.5) is 5.69 Å². The molecule has 7 heteroatoms. The highest BCUT2D eigenvalue weighted by Crippen LogP contribution is 2.23. The molecular formula is C21H26N2O4S. The number of hydrogen-bond donors (Lipinski definition) is 2. The van der Waals surface area contributed by atoms with Gasteiger partial charge in [0.1, 0.15) is 5.75 Å². The maximum absolute atomic E-state index is 12.9. The van der Waals surface area contributed by atoms with Crippen LogP contribution in [0.5, 0.6) is 5.75 Å². The van der Waals surface area contributed by atoms with Crippen LogP contribution in [-0.2, 0) is 10.0 Å². The van der Waals surface area contributed by atoms with Crippen LogP contribution in [0.1, 0.15) is 48.0 Å². The first kappa shape index (κ1) is 20.2. The van der Waals surface area contributed by atoms with E-state index in [1.54, 1.807) is 50.4 Å². The van der Waals surface area contributed by atoms with Crippen molar-refractivity contribution in [3.63, 3.8) is 0 Å². The van der Waals surface area contributed by atoms with Crippen molar-refractivity contribution in [2.75, 3.05) is 11.8 Å². The van der Waals surface area contributed by atoms with Crippen molar-refractivity contribution in [3.8, 4) is 5.75 Å². The van der Waals surface area contributed by atoms with Crippen LogP contribution < -0.4 is 14.8 Å². The highest BCUT2D eigenvalue weighted by Gasteiger charge is 2.21. The average Bonchev–Trinajstić information content (AvgIpc) is 2.69. The van der Waals surface area contributed by atoms with Crippen molar-refractivity contribution in [1.29, 1.82) is 0 Å². The molecule has 1 fully saturated rings. The maximum atomic E-state index is 12.9. The Bertz CT molecular complexity index is 933. The number of nitrogens with one attached hydrogen (secondary N) is 2. The fourth-order valence-electron chi connectivity index (χ4n) is 3.42. The molecule has 3 rings (SSSR count). The molecule has 0 spiro atoms. The molecule has 0 heterocycles. The van der Waals surface area contributed by atoms with Gasteiger partial charge in [-0.15, -0.1) is 0 Å². The minimum atomic E-state index is -3.82. The molecule has 0 aliphatic heterocycles. The molecule has 1 saturated carbocycles. The second-order valence-electron chi connectivity index (χ2n) is 7.12. The van der Waals surface area contributed by atoms with Crippen molar-refractivity contribution >= 4 is 21.6 Å². The molecule has 0 atom stereocenters. The Balaban J connectivity index is 1.79. The number of carbonyl (C=O) groups excluding carboxylic acids is 1. The number of hydrogen-bond acceptors (Lipinski definition) is 4. The van der Waals surface area contributed by atoms with Crippen LogP contribution in [-0.4, -0.2) is 27.5 Å². The summed E-state index contributed by atoms with van der Waals surface area (Å²) < 4.78 is 33.4. The molecule has 150 valence electrons. The minimum Gasteiger partial charge on any atom is -0.497 e. The van der Waals surface area contributed by atoms with Crippen LogP contribution >= 0.6 is 0 Å². The van der Waals surface area contributed by atoms with E-state index in [9.17, 15) is 13.2 Å². The predicted molar refractivity (Wildman–Crippen MR) is 109 cm³/mol. The molecule has 1 aliphatic carbocycles. The third-order valence-corrected chi connectivity index (χ3v) is 6.55. The average molecular weight is 403 g/mol. The lowest BCUT2D eigenvalue weighted by molar-refractivity contribution is 0.0927. The second kappa shape index (κ2) is 8.65. The Morgan fingerprint density at radius 2 is 1.71 bits per heavy atom. The summed E-state index contributed by atoms with van der Waals surface area (Å²) in [7, 11) is -2.28. The topological polar surface area (TPSA) is 84.5 Å². The van der Waals surface area contributed by atoms with E-state index in [4.69, 9.17) is 4.74 Å². The largest absolute Gasteiger partial charge is 0.497 e. The molecule has 2 aromatic carbocycles. The molecule has 6 nitrogen and oxygen atoms in total. The number of benzene rings is 2. The number of amides is 1. The first-order chi connectivity index (χ1) is 13.4. The Labute approximate surface area is 166 Å². The first-order valence-electron chi connectivity index (χ1n) is 9.47. The highest BCUT2D eigenvalue weighted by molar-refractivity contribution is 7.92. The summed E-state index contributed by atoms with van der Waals surface area (Å²) in [5.74, 6) is 0.410. The zero-order chi connectivity index (χ0) is 20.1. The lowest BCUT2D eigenvalue weighted by Crippen LogP contribution is -2.36. The fourth-order valence-corrected chi connectivity index (χ4v) is 4.75. The number of aryl methyl sites for hydroxylation is 1. The van der Waals surface area contributed by atoms with E-state index >= 15 is 0 Å². The fraction of sp³-hybridized carbons (Fsp3) is 0.381. The lowest BCUT2D eigenvalue weighted by atomic mass is 9.95. The van der Waals surface area contributed by atoms with Crippen LogP contribution in [0.25, 0.3) is 0 Å². The normalized spacial score (nSPS) is 15.1. The Hall–Kier alpha value is -2.54. The van der Waals surface area contributed by atoms with Crippen LogP contribution in [0.15, 0.2) is 47.4 Å². The Kier molecular flexibility index (Phi) is 6.24.